The quantitative estimate of drug-likeness (QED) is 0.464. The Morgan fingerprint density at radius 2 is 1.81 bits per heavy atom. The van der Waals surface area contributed by atoms with Crippen LogP contribution in [0.25, 0.3) is 26.7 Å². The lowest BCUT2D eigenvalue weighted by molar-refractivity contribution is 0.876. The molecular formula is C22H19N3S. The first kappa shape index (κ1) is 16.5. The minimum absolute atomic E-state index is 0.171. The lowest BCUT2D eigenvalue weighted by Gasteiger charge is -2.15. The van der Waals surface area contributed by atoms with Crippen molar-refractivity contribution in [2.45, 2.75) is 13.0 Å². The fourth-order valence-electron chi connectivity index (χ4n) is 2.93. The molecule has 3 nitrogen and oxygen atoms in total. The molecule has 128 valence electrons. The van der Waals surface area contributed by atoms with Crippen molar-refractivity contribution in [2.24, 2.45) is 0 Å². The molecule has 0 unspecified atom stereocenters. The molecule has 0 aliphatic rings. The van der Waals surface area contributed by atoms with Crippen LogP contribution >= 0.6 is 11.3 Å². The van der Waals surface area contributed by atoms with Gasteiger partial charge in [-0.3, -0.25) is 0 Å². The highest BCUT2D eigenvalue weighted by molar-refractivity contribution is 7.21. The van der Waals surface area contributed by atoms with Gasteiger partial charge in [-0.1, -0.05) is 67.3 Å². The highest BCUT2D eigenvalue weighted by Crippen LogP contribution is 2.36. The van der Waals surface area contributed by atoms with E-state index in [-0.39, 0.29) is 6.04 Å². The number of anilines is 1. The van der Waals surface area contributed by atoms with Crippen LogP contribution in [0.3, 0.4) is 0 Å². The van der Waals surface area contributed by atoms with E-state index in [2.05, 4.69) is 83.4 Å². The number of hydrogen-bond donors (Lipinski definition) is 1. The standard InChI is InChI=1S/C22H19N3S/c1-3-16-9-11-18(12-10-16)20-13-19-21(23-14-24-22(19)26-20)25-15(2)17-7-5-4-6-8-17/h3-15H,1H2,2H3,(H,23,24,25)/t15-/m1/s1. The minimum atomic E-state index is 0.171. The maximum atomic E-state index is 4.48. The van der Waals surface area contributed by atoms with Gasteiger partial charge < -0.3 is 5.32 Å². The Bertz CT molecular complexity index is 1040. The largest absolute Gasteiger partial charge is 0.363 e. The van der Waals surface area contributed by atoms with E-state index in [1.165, 1.54) is 16.0 Å². The molecule has 0 fully saturated rings. The second-order valence-corrected chi connectivity index (χ2v) is 7.19. The number of thiophene rings is 1. The number of nitrogens with zero attached hydrogens (tertiary/aromatic N) is 2. The predicted octanol–water partition coefficient (Wildman–Crippen LogP) is 6.17. The van der Waals surface area contributed by atoms with Crippen LogP contribution in [0.1, 0.15) is 24.1 Å². The van der Waals surface area contributed by atoms with Crippen molar-refractivity contribution in [2.75, 3.05) is 5.32 Å². The van der Waals surface area contributed by atoms with Crippen molar-refractivity contribution >= 4 is 33.4 Å². The number of hydrogen-bond acceptors (Lipinski definition) is 4. The van der Waals surface area contributed by atoms with Gasteiger partial charge in [0.1, 0.15) is 17.0 Å². The second kappa shape index (κ2) is 7.10. The molecule has 2 aromatic heterocycles. The normalized spacial score (nSPS) is 12.0. The lowest BCUT2D eigenvalue weighted by Crippen LogP contribution is -2.08. The van der Waals surface area contributed by atoms with E-state index in [0.29, 0.717) is 0 Å². The van der Waals surface area contributed by atoms with Crippen molar-refractivity contribution < 1.29 is 0 Å². The third kappa shape index (κ3) is 3.24. The Kier molecular flexibility index (Phi) is 4.50. The average molecular weight is 357 g/mol. The molecule has 1 atom stereocenters. The summed E-state index contributed by atoms with van der Waals surface area (Å²) in [6, 6.07) is 21.1. The monoisotopic (exact) mass is 357 g/mol. The molecule has 0 aliphatic heterocycles. The van der Waals surface area contributed by atoms with Gasteiger partial charge in [-0.05, 0) is 29.7 Å². The van der Waals surface area contributed by atoms with E-state index in [9.17, 15) is 0 Å². The third-order valence-electron chi connectivity index (χ3n) is 4.41. The van der Waals surface area contributed by atoms with Crippen molar-refractivity contribution in [3.8, 4) is 10.4 Å². The first-order valence-corrected chi connectivity index (χ1v) is 9.35. The molecule has 0 bridgehead atoms. The lowest BCUT2D eigenvalue weighted by atomic mass is 10.1. The molecule has 2 heterocycles. The average Bonchev–Trinajstić information content (AvgIpc) is 3.14. The summed E-state index contributed by atoms with van der Waals surface area (Å²) >= 11 is 1.68. The van der Waals surface area contributed by atoms with Crippen molar-refractivity contribution in [1.82, 2.24) is 9.97 Å². The molecule has 0 amide bonds. The third-order valence-corrected chi connectivity index (χ3v) is 5.51. The van der Waals surface area contributed by atoms with Gasteiger partial charge in [0.2, 0.25) is 0 Å². The Labute approximate surface area is 157 Å². The molecule has 26 heavy (non-hydrogen) atoms. The minimum Gasteiger partial charge on any atom is -0.363 e. The molecular weight excluding hydrogens is 338 g/mol. The molecule has 0 saturated heterocycles. The van der Waals surface area contributed by atoms with Crippen LogP contribution < -0.4 is 5.32 Å². The van der Waals surface area contributed by atoms with Crippen LogP contribution in [0.2, 0.25) is 0 Å². The van der Waals surface area contributed by atoms with Crippen molar-refractivity contribution in [1.29, 1.82) is 0 Å². The van der Waals surface area contributed by atoms with Gasteiger partial charge in [0, 0.05) is 10.9 Å². The highest BCUT2D eigenvalue weighted by atomic mass is 32.1. The van der Waals surface area contributed by atoms with Crippen LogP contribution in [0.5, 0.6) is 0 Å². The van der Waals surface area contributed by atoms with Gasteiger partial charge in [-0.15, -0.1) is 11.3 Å². The van der Waals surface area contributed by atoms with E-state index in [1.54, 1.807) is 17.7 Å². The van der Waals surface area contributed by atoms with Crippen LogP contribution in [0.15, 0.2) is 73.6 Å². The zero-order valence-electron chi connectivity index (χ0n) is 14.5. The van der Waals surface area contributed by atoms with E-state index in [4.69, 9.17) is 0 Å². The number of nitrogens with one attached hydrogen (secondary N) is 1. The first-order valence-electron chi connectivity index (χ1n) is 8.53. The van der Waals surface area contributed by atoms with E-state index in [0.717, 1.165) is 21.6 Å². The van der Waals surface area contributed by atoms with E-state index < -0.39 is 0 Å². The van der Waals surface area contributed by atoms with Crippen molar-refractivity contribution in [3.63, 3.8) is 0 Å². The number of aromatic nitrogens is 2. The first-order chi connectivity index (χ1) is 12.7. The van der Waals surface area contributed by atoms with Crippen LogP contribution in [-0.4, -0.2) is 9.97 Å². The summed E-state index contributed by atoms with van der Waals surface area (Å²) in [5.74, 6) is 0.872. The summed E-state index contributed by atoms with van der Waals surface area (Å²) in [5.41, 5.74) is 3.53. The Morgan fingerprint density at radius 1 is 1.04 bits per heavy atom. The smallest absolute Gasteiger partial charge is 0.138 e. The molecule has 0 aliphatic carbocycles. The highest BCUT2D eigenvalue weighted by Gasteiger charge is 2.12. The fraction of sp³-hybridized carbons (Fsp3) is 0.0909. The van der Waals surface area contributed by atoms with Gasteiger partial charge in [0.15, 0.2) is 0 Å². The maximum absolute atomic E-state index is 4.48. The molecule has 0 saturated carbocycles. The van der Waals surface area contributed by atoms with Gasteiger partial charge in [-0.25, -0.2) is 9.97 Å². The summed E-state index contributed by atoms with van der Waals surface area (Å²) in [4.78, 5) is 11.1. The fourth-order valence-corrected chi connectivity index (χ4v) is 3.93. The molecule has 4 aromatic rings. The van der Waals surface area contributed by atoms with Gasteiger partial charge in [-0.2, -0.15) is 0 Å². The number of benzene rings is 2. The predicted molar refractivity (Wildman–Crippen MR) is 111 cm³/mol. The molecule has 4 heteroatoms. The second-order valence-electron chi connectivity index (χ2n) is 6.15. The molecule has 0 radical (unpaired) electrons. The Morgan fingerprint density at radius 3 is 2.54 bits per heavy atom. The summed E-state index contributed by atoms with van der Waals surface area (Å²) in [6.07, 6.45) is 3.48. The topological polar surface area (TPSA) is 37.8 Å². The Balaban J connectivity index is 1.68. The van der Waals surface area contributed by atoms with Crippen LogP contribution in [0, 0.1) is 0 Å². The summed E-state index contributed by atoms with van der Waals surface area (Å²) in [7, 11) is 0. The number of rotatable bonds is 5. The van der Waals surface area contributed by atoms with E-state index >= 15 is 0 Å². The van der Waals surface area contributed by atoms with Crippen molar-refractivity contribution in [3.05, 3.63) is 84.7 Å². The zero-order valence-corrected chi connectivity index (χ0v) is 15.3. The van der Waals surface area contributed by atoms with Crippen LogP contribution in [-0.2, 0) is 0 Å². The van der Waals surface area contributed by atoms with E-state index in [1.807, 2.05) is 12.1 Å². The van der Waals surface area contributed by atoms with Crippen LogP contribution in [0.4, 0.5) is 5.82 Å². The van der Waals surface area contributed by atoms with Gasteiger partial charge in [0.25, 0.3) is 0 Å². The summed E-state index contributed by atoms with van der Waals surface area (Å²) in [6.45, 7) is 5.95. The van der Waals surface area contributed by atoms with Gasteiger partial charge in [0.05, 0.1) is 5.39 Å². The summed E-state index contributed by atoms with van der Waals surface area (Å²) < 4.78 is 0. The summed E-state index contributed by atoms with van der Waals surface area (Å²) in [5, 5.41) is 4.58. The maximum Gasteiger partial charge on any atom is 0.138 e. The Hall–Kier alpha value is -2.98. The van der Waals surface area contributed by atoms with Gasteiger partial charge >= 0.3 is 0 Å². The molecule has 0 spiro atoms. The number of fused-ring (bicyclic) bond motifs is 1. The molecule has 4 rings (SSSR count). The molecule has 1 N–H and O–H groups in total. The zero-order chi connectivity index (χ0) is 17.9. The SMILES string of the molecule is C=Cc1ccc(-c2cc3c(N[C@H](C)c4ccccc4)ncnc3s2)cc1. The molecule has 2 aromatic carbocycles.